The van der Waals surface area contributed by atoms with Gasteiger partial charge in [-0.25, -0.2) is 19.3 Å². The molecule has 1 unspecified atom stereocenters. The third-order valence-electron chi connectivity index (χ3n) is 6.11. The molecule has 2 aliphatic rings. The van der Waals surface area contributed by atoms with Gasteiger partial charge in [0.15, 0.2) is 5.82 Å². The van der Waals surface area contributed by atoms with Crippen LogP contribution in [0.1, 0.15) is 31.9 Å². The number of carboxylic acids is 1. The van der Waals surface area contributed by atoms with Crippen molar-refractivity contribution < 1.29 is 28.5 Å². The topological polar surface area (TPSA) is 131 Å². The number of hydrogen-bond acceptors (Lipinski definition) is 8. The van der Waals surface area contributed by atoms with E-state index in [1.165, 1.54) is 12.1 Å². The molecular formula is C24H26FN5O5. The molecule has 3 aromatic rings. The monoisotopic (exact) mass is 483 g/mol. The number of benzene rings is 1. The number of nitrogens with one attached hydrogen (secondary N) is 2. The molecule has 11 heteroatoms. The lowest BCUT2D eigenvalue weighted by molar-refractivity contribution is -0.236. The van der Waals surface area contributed by atoms with Crippen LogP contribution in [-0.2, 0) is 19.0 Å². The summed E-state index contributed by atoms with van der Waals surface area (Å²) >= 11 is 0. The van der Waals surface area contributed by atoms with E-state index < -0.39 is 17.7 Å². The van der Waals surface area contributed by atoms with Crippen LogP contribution < -0.4 is 5.32 Å². The molecule has 0 aliphatic carbocycles. The highest BCUT2D eigenvalue weighted by Crippen LogP contribution is 2.35. The second-order valence-corrected chi connectivity index (χ2v) is 8.95. The number of carbonyl (C=O) groups is 1. The summed E-state index contributed by atoms with van der Waals surface area (Å²) in [5.41, 5.74) is 1.21. The molecule has 0 spiro atoms. The van der Waals surface area contributed by atoms with Crippen molar-refractivity contribution in [2.45, 2.75) is 32.2 Å². The molecule has 1 aromatic carbocycles. The summed E-state index contributed by atoms with van der Waals surface area (Å²) in [6, 6.07) is 7.70. The number of hydrogen-bond donors (Lipinski definition) is 3. The Bertz CT molecular complexity index is 1190. The van der Waals surface area contributed by atoms with E-state index in [-0.39, 0.29) is 25.1 Å². The summed E-state index contributed by atoms with van der Waals surface area (Å²) in [5, 5.41) is 12.6. The Morgan fingerprint density at radius 1 is 1.20 bits per heavy atom. The van der Waals surface area contributed by atoms with Gasteiger partial charge in [-0.2, -0.15) is 0 Å². The minimum atomic E-state index is -1.14. The van der Waals surface area contributed by atoms with Crippen LogP contribution in [0.4, 0.5) is 10.3 Å². The summed E-state index contributed by atoms with van der Waals surface area (Å²) in [4.78, 5) is 28.3. The number of carboxylic acid groups (broad SMARTS) is 1. The van der Waals surface area contributed by atoms with Crippen LogP contribution in [0.25, 0.3) is 22.6 Å². The van der Waals surface area contributed by atoms with Crippen molar-refractivity contribution in [2.75, 3.05) is 31.7 Å². The summed E-state index contributed by atoms with van der Waals surface area (Å²) in [7, 11) is 0. The molecule has 5 rings (SSSR count). The second kappa shape index (κ2) is 9.68. The van der Waals surface area contributed by atoms with Gasteiger partial charge in [0, 0.05) is 24.9 Å². The third-order valence-corrected chi connectivity index (χ3v) is 6.11. The van der Waals surface area contributed by atoms with E-state index in [1.807, 2.05) is 0 Å². The van der Waals surface area contributed by atoms with Gasteiger partial charge in [-0.3, -0.25) is 4.79 Å². The summed E-state index contributed by atoms with van der Waals surface area (Å²) in [6.45, 7) is 2.88. The van der Waals surface area contributed by atoms with Crippen LogP contribution in [0.5, 0.6) is 0 Å². The zero-order valence-electron chi connectivity index (χ0n) is 19.2. The van der Waals surface area contributed by atoms with Gasteiger partial charge < -0.3 is 29.6 Å². The first-order valence-corrected chi connectivity index (χ1v) is 11.4. The number of aromatic nitrogens is 4. The fourth-order valence-corrected chi connectivity index (χ4v) is 3.99. The lowest BCUT2D eigenvalue weighted by atomic mass is 9.92. The maximum Gasteiger partial charge on any atom is 0.314 e. The van der Waals surface area contributed by atoms with E-state index >= 15 is 0 Å². The number of aromatic amines is 1. The van der Waals surface area contributed by atoms with Crippen molar-refractivity contribution in [2.24, 2.45) is 5.41 Å². The van der Waals surface area contributed by atoms with Gasteiger partial charge in [-0.15, -0.1) is 0 Å². The predicted octanol–water partition coefficient (Wildman–Crippen LogP) is 3.40. The maximum atomic E-state index is 13.6. The first kappa shape index (κ1) is 23.3. The fraction of sp³-hybridized carbons (Fsp3) is 0.417. The second-order valence-electron chi connectivity index (χ2n) is 8.95. The lowest BCUT2D eigenvalue weighted by Gasteiger charge is -2.33. The molecule has 2 fully saturated rings. The molecular weight excluding hydrogens is 457 g/mol. The van der Waals surface area contributed by atoms with Crippen LogP contribution >= 0.6 is 0 Å². The Hall–Kier alpha value is -3.41. The van der Waals surface area contributed by atoms with E-state index in [9.17, 15) is 14.3 Å². The molecule has 184 valence electrons. The number of halogens is 1. The molecule has 4 heterocycles. The van der Waals surface area contributed by atoms with E-state index in [0.29, 0.717) is 41.0 Å². The van der Waals surface area contributed by atoms with Crippen molar-refractivity contribution in [3.8, 4) is 22.6 Å². The smallest absolute Gasteiger partial charge is 0.314 e. The van der Waals surface area contributed by atoms with Crippen LogP contribution in [0.15, 0.2) is 36.5 Å². The van der Waals surface area contributed by atoms with Gasteiger partial charge in [-0.1, -0.05) is 0 Å². The number of nitrogens with zero attached hydrogens (tertiary/aromatic N) is 3. The number of rotatable bonds is 7. The Morgan fingerprint density at radius 2 is 1.97 bits per heavy atom. The van der Waals surface area contributed by atoms with Crippen LogP contribution in [-0.4, -0.2) is 63.5 Å². The minimum absolute atomic E-state index is 0.0280. The minimum Gasteiger partial charge on any atom is -0.481 e. The van der Waals surface area contributed by atoms with Gasteiger partial charge in [0.2, 0.25) is 12.2 Å². The summed E-state index contributed by atoms with van der Waals surface area (Å²) < 4.78 is 30.6. The molecule has 1 atom stereocenters. The molecule has 0 saturated carbocycles. The number of H-pyrrole nitrogens is 1. The molecule has 3 N–H and O–H groups in total. The quantitative estimate of drug-likeness (QED) is 0.463. The molecule has 0 radical (unpaired) electrons. The normalized spacial score (nSPS) is 24.4. The van der Waals surface area contributed by atoms with Crippen molar-refractivity contribution >= 4 is 11.9 Å². The summed E-state index contributed by atoms with van der Waals surface area (Å²) in [6.07, 6.45) is 2.93. The van der Waals surface area contributed by atoms with Gasteiger partial charge in [-0.05, 0) is 50.1 Å². The average Bonchev–Trinajstić information content (AvgIpc) is 3.54. The fourth-order valence-electron chi connectivity index (χ4n) is 3.99. The van der Waals surface area contributed by atoms with E-state index in [0.717, 1.165) is 19.4 Å². The Balaban J connectivity index is 1.44. The highest BCUT2D eigenvalue weighted by Gasteiger charge is 2.41. The van der Waals surface area contributed by atoms with Gasteiger partial charge in [0.25, 0.3) is 0 Å². The van der Waals surface area contributed by atoms with E-state index in [4.69, 9.17) is 14.2 Å². The third kappa shape index (κ3) is 5.02. The standard InChI is InChI=1S/C24H26FN5O5/c1-24(22(31)32)12-34-21(35-13-24)20-29-18(14-4-6-15(25)7-5-14)19(30-20)17-8-9-26-23(28-17)27-11-16-3-2-10-33-16/h4-9,16,21H,2-3,10-13H2,1H3,(H,29,30)(H,31,32)(H,26,27,28). The van der Waals surface area contributed by atoms with E-state index in [1.54, 1.807) is 31.3 Å². The Morgan fingerprint density at radius 3 is 2.66 bits per heavy atom. The largest absolute Gasteiger partial charge is 0.481 e. The first-order chi connectivity index (χ1) is 16.9. The Labute approximate surface area is 200 Å². The maximum absolute atomic E-state index is 13.6. The molecule has 0 amide bonds. The Kier molecular flexibility index (Phi) is 6.46. The zero-order chi connectivity index (χ0) is 24.4. The lowest BCUT2D eigenvalue weighted by Crippen LogP contribution is -2.42. The predicted molar refractivity (Wildman–Crippen MR) is 123 cm³/mol. The highest BCUT2D eigenvalue weighted by molar-refractivity contribution is 5.77. The molecule has 0 bridgehead atoms. The molecule has 2 aliphatic heterocycles. The van der Waals surface area contributed by atoms with Crippen LogP contribution in [0.2, 0.25) is 0 Å². The van der Waals surface area contributed by atoms with Crippen molar-refractivity contribution in [1.29, 1.82) is 0 Å². The van der Waals surface area contributed by atoms with E-state index in [2.05, 4.69) is 25.3 Å². The van der Waals surface area contributed by atoms with Gasteiger partial charge >= 0.3 is 5.97 Å². The van der Waals surface area contributed by atoms with Crippen molar-refractivity contribution in [1.82, 2.24) is 19.9 Å². The number of imidazole rings is 1. The number of aliphatic carboxylic acids is 1. The highest BCUT2D eigenvalue weighted by atomic mass is 19.1. The zero-order valence-corrected chi connectivity index (χ0v) is 19.2. The van der Waals surface area contributed by atoms with Crippen molar-refractivity contribution in [3.05, 3.63) is 48.2 Å². The average molecular weight is 484 g/mol. The number of ether oxygens (including phenoxy) is 3. The first-order valence-electron chi connectivity index (χ1n) is 11.4. The van der Waals surface area contributed by atoms with Crippen LogP contribution in [0, 0.1) is 11.2 Å². The van der Waals surface area contributed by atoms with Gasteiger partial charge in [0.05, 0.1) is 36.4 Å². The van der Waals surface area contributed by atoms with Crippen molar-refractivity contribution in [3.63, 3.8) is 0 Å². The molecule has 10 nitrogen and oxygen atoms in total. The molecule has 2 saturated heterocycles. The molecule has 35 heavy (non-hydrogen) atoms. The molecule has 2 aromatic heterocycles. The van der Waals surface area contributed by atoms with Gasteiger partial charge in [0.1, 0.15) is 11.2 Å². The SMILES string of the molecule is CC1(C(=O)O)COC(c2nc(-c3ccc(F)cc3)c(-c3ccnc(NCC4CCCO4)n3)[nH]2)OC1. The van der Waals surface area contributed by atoms with Crippen LogP contribution in [0.3, 0.4) is 0 Å². The summed E-state index contributed by atoms with van der Waals surface area (Å²) in [5.74, 6) is -0.548. The number of anilines is 1.